The molecule has 0 radical (unpaired) electrons. The number of hydrogen-bond acceptors (Lipinski definition) is 4. The van der Waals surface area contributed by atoms with Gasteiger partial charge in [0.15, 0.2) is 0 Å². The summed E-state index contributed by atoms with van der Waals surface area (Å²) in [7, 11) is 0. The summed E-state index contributed by atoms with van der Waals surface area (Å²) in [4.78, 5) is 36.0. The highest BCUT2D eigenvalue weighted by Gasteiger charge is 2.37. The second kappa shape index (κ2) is 12.6. The highest BCUT2D eigenvalue weighted by Crippen LogP contribution is 2.40. The van der Waals surface area contributed by atoms with E-state index in [0.29, 0.717) is 30.6 Å². The van der Waals surface area contributed by atoms with Gasteiger partial charge in [-0.25, -0.2) is 9.18 Å². The van der Waals surface area contributed by atoms with Crippen molar-refractivity contribution in [3.8, 4) is 5.75 Å². The molecule has 1 heterocycles. The lowest BCUT2D eigenvalue weighted by molar-refractivity contribution is -0.274. The van der Waals surface area contributed by atoms with Crippen LogP contribution in [0.4, 0.5) is 17.6 Å². The molecule has 1 unspecified atom stereocenters. The van der Waals surface area contributed by atoms with Gasteiger partial charge in [0.2, 0.25) is 5.91 Å². The van der Waals surface area contributed by atoms with Crippen LogP contribution in [0.2, 0.25) is 0 Å². The first-order chi connectivity index (χ1) is 19.1. The van der Waals surface area contributed by atoms with E-state index < -0.39 is 29.5 Å². The average molecular weight is 578 g/mol. The third-order valence-electron chi connectivity index (χ3n) is 6.78. The molecule has 0 saturated carbocycles. The average Bonchev–Trinajstić information content (AvgIpc) is 3.28. The molecule has 7 nitrogen and oxygen atoms in total. The van der Waals surface area contributed by atoms with E-state index in [9.17, 15) is 42.2 Å². The minimum atomic E-state index is -4.67. The van der Waals surface area contributed by atoms with Crippen LogP contribution in [0.25, 0.3) is 5.57 Å². The minimum Gasteiger partial charge on any atom is -0.481 e. The molecule has 2 N–H and O–H groups in total. The Morgan fingerprint density at radius 2 is 1.76 bits per heavy atom. The van der Waals surface area contributed by atoms with Crippen LogP contribution in [0, 0.1) is 11.2 Å². The fraction of sp³-hybridized carbons (Fsp3) is 0.367. The molecule has 0 bridgehead atoms. The SMILES string of the molecule is CC(C)c1cccc(F)c1C1=CC(C)(C(=O)O)CC(C(=O)O)=C1.O=C1CCCN1Cc1ccc(OC(F)(F)F)cc1. The summed E-state index contributed by atoms with van der Waals surface area (Å²) in [5.41, 5.74) is 0.666. The molecule has 2 aromatic carbocycles. The van der Waals surface area contributed by atoms with Crippen molar-refractivity contribution >= 4 is 23.4 Å². The third kappa shape index (κ3) is 8.18. The maximum Gasteiger partial charge on any atom is 0.573 e. The van der Waals surface area contributed by atoms with Gasteiger partial charge in [-0.3, -0.25) is 9.59 Å². The Morgan fingerprint density at radius 1 is 1.10 bits per heavy atom. The molecule has 4 rings (SSSR count). The molecule has 1 amide bonds. The van der Waals surface area contributed by atoms with Gasteiger partial charge >= 0.3 is 18.3 Å². The summed E-state index contributed by atoms with van der Waals surface area (Å²) in [6.45, 7) is 6.39. The molecule has 220 valence electrons. The van der Waals surface area contributed by atoms with Crippen molar-refractivity contribution in [3.63, 3.8) is 0 Å². The number of alkyl halides is 3. The van der Waals surface area contributed by atoms with E-state index in [-0.39, 0.29) is 35.1 Å². The van der Waals surface area contributed by atoms with E-state index >= 15 is 0 Å². The lowest BCUT2D eigenvalue weighted by atomic mass is 9.75. The summed E-state index contributed by atoms with van der Waals surface area (Å²) in [5, 5.41) is 18.7. The molecule has 1 aliphatic heterocycles. The number of carboxylic acid groups (broad SMARTS) is 2. The standard InChI is InChI=1S/C18H19FO4.C12H12F3NO2/c1-10(2)13-5-4-6-14(19)15(13)11-7-12(16(20)21)9-18(3,8-11)17(22)23;13-12(14,15)18-10-5-3-9(4-6-10)8-16-7-1-2-11(16)17/h4-8,10H,9H2,1-3H3,(H,20,21)(H,22,23);3-6H,1-2,7-8H2. The molecule has 1 saturated heterocycles. The summed E-state index contributed by atoms with van der Waals surface area (Å²) in [6, 6.07) is 10.2. The molecule has 11 heteroatoms. The van der Waals surface area contributed by atoms with E-state index in [1.807, 2.05) is 13.8 Å². The van der Waals surface area contributed by atoms with Crippen LogP contribution in [0.3, 0.4) is 0 Å². The fourth-order valence-corrected chi connectivity index (χ4v) is 4.70. The van der Waals surface area contributed by atoms with Gasteiger partial charge in [0.05, 0.1) is 5.41 Å². The number of halogens is 4. The monoisotopic (exact) mass is 577 g/mol. The maximum absolute atomic E-state index is 14.4. The van der Waals surface area contributed by atoms with Gasteiger partial charge in [-0.15, -0.1) is 13.2 Å². The van der Waals surface area contributed by atoms with Gasteiger partial charge in [-0.2, -0.15) is 0 Å². The number of amides is 1. The van der Waals surface area contributed by atoms with E-state index in [4.69, 9.17) is 0 Å². The van der Waals surface area contributed by atoms with Crippen LogP contribution >= 0.6 is 0 Å². The Balaban J connectivity index is 0.000000232. The lowest BCUT2D eigenvalue weighted by Crippen LogP contribution is -2.29. The van der Waals surface area contributed by atoms with Crippen molar-refractivity contribution in [1.29, 1.82) is 0 Å². The number of carbonyl (C=O) groups is 3. The van der Waals surface area contributed by atoms with Crippen LogP contribution < -0.4 is 4.74 Å². The zero-order chi connectivity index (χ0) is 30.5. The molecule has 1 fully saturated rings. The van der Waals surface area contributed by atoms with Gasteiger partial charge in [-0.05, 0) is 66.7 Å². The number of ether oxygens (including phenoxy) is 1. The van der Waals surface area contributed by atoms with E-state index in [1.165, 1.54) is 49.4 Å². The van der Waals surface area contributed by atoms with Gasteiger partial charge in [0, 0.05) is 30.6 Å². The molecule has 2 aromatic rings. The van der Waals surface area contributed by atoms with Crippen LogP contribution in [-0.4, -0.2) is 45.9 Å². The number of carboxylic acids is 2. The quantitative estimate of drug-likeness (QED) is 0.362. The molecular weight excluding hydrogens is 546 g/mol. The van der Waals surface area contributed by atoms with Crippen LogP contribution in [0.1, 0.15) is 62.6 Å². The van der Waals surface area contributed by atoms with E-state index in [2.05, 4.69) is 4.74 Å². The number of hydrogen-bond donors (Lipinski definition) is 2. The highest BCUT2D eigenvalue weighted by atomic mass is 19.4. The fourth-order valence-electron chi connectivity index (χ4n) is 4.70. The Bertz CT molecular complexity index is 1360. The van der Waals surface area contributed by atoms with Crippen molar-refractivity contribution in [1.82, 2.24) is 4.90 Å². The Labute approximate surface area is 234 Å². The molecule has 1 atom stereocenters. The smallest absolute Gasteiger partial charge is 0.481 e. The first-order valence-electron chi connectivity index (χ1n) is 12.9. The van der Waals surface area contributed by atoms with E-state index in [1.54, 1.807) is 17.0 Å². The zero-order valence-electron chi connectivity index (χ0n) is 22.8. The number of allylic oxidation sites excluding steroid dienone is 2. The number of nitrogens with zero attached hydrogens (tertiary/aromatic N) is 1. The number of benzene rings is 2. The molecule has 2 aliphatic rings. The lowest BCUT2D eigenvalue weighted by Gasteiger charge is -2.27. The largest absolute Gasteiger partial charge is 0.573 e. The van der Waals surface area contributed by atoms with Crippen LogP contribution in [0.5, 0.6) is 5.75 Å². The van der Waals surface area contributed by atoms with Crippen LogP contribution in [0.15, 0.2) is 60.2 Å². The number of aliphatic carboxylic acids is 2. The van der Waals surface area contributed by atoms with Crippen molar-refractivity contribution in [2.75, 3.05) is 6.54 Å². The zero-order valence-corrected chi connectivity index (χ0v) is 22.8. The molecule has 41 heavy (non-hydrogen) atoms. The number of carbonyl (C=O) groups excluding carboxylic acids is 1. The Hall–Kier alpha value is -4.15. The normalized spacial score (nSPS) is 18.8. The summed E-state index contributed by atoms with van der Waals surface area (Å²) in [6.07, 6.45) is -0.591. The van der Waals surface area contributed by atoms with Gasteiger partial charge in [0.1, 0.15) is 11.6 Å². The van der Waals surface area contributed by atoms with Crippen molar-refractivity contribution in [3.05, 3.63) is 82.7 Å². The molecule has 0 aromatic heterocycles. The second-order valence-electron chi connectivity index (χ2n) is 10.4. The van der Waals surface area contributed by atoms with Crippen molar-refractivity contribution < 1.29 is 46.9 Å². The maximum atomic E-state index is 14.4. The second-order valence-corrected chi connectivity index (χ2v) is 10.4. The van der Waals surface area contributed by atoms with E-state index in [0.717, 1.165) is 12.0 Å². The summed E-state index contributed by atoms with van der Waals surface area (Å²) >= 11 is 0. The number of likely N-dealkylation sites (tertiary alicyclic amines) is 1. The van der Waals surface area contributed by atoms with Crippen LogP contribution in [-0.2, 0) is 20.9 Å². The van der Waals surface area contributed by atoms with Gasteiger partial charge < -0.3 is 19.8 Å². The van der Waals surface area contributed by atoms with Gasteiger partial charge in [0.25, 0.3) is 0 Å². The van der Waals surface area contributed by atoms with Crippen molar-refractivity contribution in [2.45, 2.75) is 58.9 Å². The minimum absolute atomic E-state index is 0.0151. The number of rotatable bonds is 7. The highest BCUT2D eigenvalue weighted by molar-refractivity contribution is 5.96. The third-order valence-corrected chi connectivity index (χ3v) is 6.78. The topological polar surface area (TPSA) is 104 Å². The predicted octanol–water partition coefficient (Wildman–Crippen LogP) is 6.55. The molecule has 1 aliphatic carbocycles. The Morgan fingerprint density at radius 3 is 2.27 bits per heavy atom. The summed E-state index contributed by atoms with van der Waals surface area (Å²) in [5.74, 6) is -2.96. The predicted molar refractivity (Wildman–Crippen MR) is 142 cm³/mol. The first-order valence-corrected chi connectivity index (χ1v) is 12.9. The van der Waals surface area contributed by atoms with Crippen molar-refractivity contribution in [2.24, 2.45) is 5.41 Å². The molecule has 0 spiro atoms. The first kappa shape index (κ1) is 31.4. The molecular formula is C30H31F4NO6. The Kier molecular flexibility index (Phi) is 9.62. The summed E-state index contributed by atoms with van der Waals surface area (Å²) < 4.78 is 54.0. The van der Waals surface area contributed by atoms with Gasteiger partial charge in [-0.1, -0.05) is 44.2 Å².